The van der Waals surface area contributed by atoms with Gasteiger partial charge in [-0.25, -0.2) is 0 Å². The normalized spacial score (nSPS) is 18.9. The van der Waals surface area contributed by atoms with E-state index in [2.05, 4.69) is 37.3 Å². The molecule has 1 aliphatic heterocycles. The van der Waals surface area contributed by atoms with Crippen molar-refractivity contribution in [3.63, 3.8) is 0 Å². The average Bonchev–Trinajstić information content (AvgIpc) is 3.43. The van der Waals surface area contributed by atoms with Gasteiger partial charge in [-0.3, -0.25) is 0 Å². The lowest BCUT2D eigenvalue weighted by atomic mass is 10.0. The number of rotatable bonds is 16. The molecule has 2 rings (SSSR count). The van der Waals surface area contributed by atoms with E-state index in [1.807, 2.05) is 6.07 Å². The van der Waals surface area contributed by atoms with E-state index in [9.17, 15) is 0 Å². The van der Waals surface area contributed by atoms with E-state index in [0.717, 1.165) is 18.6 Å². The number of unbranched alkanes of at least 4 members (excludes halogenated alkanes) is 5. The number of benzene rings is 1. The smallest absolute Gasteiger partial charge is 0.119 e. The van der Waals surface area contributed by atoms with Crippen LogP contribution in [0.3, 0.4) is 0 Å². The zero-order valence-electron chi connectivity index (χ0n) is 17.3. The summed E-state index contributed by atoms with van der Waals surface area (Å²) in [6, 6.07) is 8.46. The minimum Gasteiger partial charge on any atom is -0.491 e. The van der Waals surface area contributed by atoms with Gasteiger partial charge in [0.1, 0.15) is 12.4 Å². The molecule has 0 spiro atoms. The molecular weight excluding hydrogens is 336 g/mol. The van der Waals surface area contributed by atoms with Gasteiger partial charge in [0.05, 0.1) is 18.8 Å². The van der Waals surface area contributed by atoms with Gasteiger partial charge in [-0.05, 0) is 49.8 Å². The molecule has 1 aromatic rings. The van der Waals surface area contributed by atoms with Crippen molar-refractivity contribution in [2.45, 2.75) is 83.3 Å². The second-order valence-corrected chi connectivity index (χ2v) is 7.50. The van der Waals surface area contributed by atoms with Crippen molar-refractivity contribution in [3.05, 3.63) is 42.0 Å². The molecule has 1 fully saturated rings. The molecule has 1 aromatic carbocycles. The first kappa shape index (κ1) is 22.0. The van der Waals surface area contributed by atoms with Crippen LogP contribution in [0.5, 0.6) is 5.75 Å². The van der Waals surface area contributed by atoms with Crippen molar-refractivity contribution in [2.24, 2.45) is 0 Å². The molecule has 0 aromatic heterocycles. The van der Waals surface area contributed by atoms with Gasteiger partial charge >= 0.3 is 0 Å². The van der Waals surface area contributed by atoms with Crippen molar-refractivity contribution < 1.29 is 14.2 Å². The fourth-order valence-corrected chi connectivity index (χ4v) is 3.39. The number of methoxy groups -OCH3 is 1. The lowest BCUT2D eigenvalue weighted by molar-refractivity contribution is 0.146. The largest absolute Gasteiger partial charge is 0.491 e. The van der Waals surface area contributed by atoms with Crippen LogP contribution in [0, 0.1) is 0 Å². The minimum absolute atomic E-state index is 0.511. The minimum atomic E-state index is 0.511. The maximum atomic E-state index is 5.76. The van der Waals surface area contributed by atoms with Gasteiger partial charge in [-0.2, -0.15) is 0 Å². The Labute approximate surface area is 166 Å². The van der Waals surface area contributed by atoms with E-state index >= 15 is 0 Å². The highest BCUT2D eigenvalue weighted by molar-refractivity contribution is 5.28. The molecule has 0 radical (unpaired) electrons. The van der Waals surface area contributed by atoms with Crippen LogP contribution in [0.15, 0.2) is 36.4 Å². The summed E-state index contributed by atoms with van der Waals surface area (Å²) in [4.78, 5) is 0. The third kappa shape index (κ3) is 9.97. The van der Waals surface area contributed by atoms with Crippen LogP contribution in [0.4, 0.5) is 0 Å². The van der Waals surface area contributed by atoms with Crippen molar-refractivity contribution in [1.29, 1.82) is 0 Å². The van der Waals surface area contributed by atoms with Crippen molar-refractivity contribution >= 4 is 0 Å². The quantitative estimate of drug-likeness (QED) is 0.199. The summed E-state index contributed by atoms with van der Waals surface area (Å²) in [7, 11) is 1.70. The van der Waals surface area contributed by atoms with Crippen molar-refractivity contribution in [1.82, 2.24) is 0 Å². The molecular formula is C24H38O3. The zero-order valence-corrected chi connectivity index (χ0v) is 17.3. The molecule has 1 aliphatic rings. The number of allylic oxidation sites excluding steroid dienone is 1. The molecule has 1 saturated heterocycles. The van der Waals surface area contributed by atoms with Gasteiger partial charge in [0.15, 0.2) is 0 Å². The Balaban J connectivity index is 1.44. The highest BCUT2D eigenvalue weighted by atomic mass is 16.6. The molecule has 0 N–H and O–H groups in total. The predicted octanol–water partition coefficient (Wildman–Crippen LogP) is 6.11. The first-order valence-electron chi connectivity index (χ1n) is 10.8. The van der Waals surface area contributed by atoms with E-state index in [0.29, 0.717) is 25.4 Å². The highest BCUT2D eigenvalue weighted by Crippen LogP contribution is 2.30. The van der Waals surface area contributed by atoms with Gasteiger partial charge in [-0.15, -0.1) is 0 Å². The van der Waals surface area contributed by atoms with E-state index in [1.54, 1.807) is 7.11 Å². The third-order valence-corrected chi connectivity index (χ3v) is 5.09. The maximum absolute atomic E-state index is 5.76. The Bertz CT molecular complexity index is 526. The summed E-state index contributed by atoms with van der Waals surface area (Å²) < 4.78 is 16.5. The summed E-state index contributed by atoms with van der Waals surface area (Å²) >= 11 is 0. The van der Waals surface area contributed by atoms with Gasteiger partial charge in [-0.1, -0.05) is 63.3 Å². The third-order valence-electron chi connectivity index (χ3n) is 5.09. The summed E-state index contributed by atoms with van der Waals surface area (Å²) in [5, 5.41) is 0. The zero-order chi connectivity index (χ0) is 19.2. The molecule has 0 aliphatic carbocycles. The summed E-state index contributed by atoms with van der Waals surface area (Å²) in [6.45, 7) is 3.46. The van der Waals surface area contributed by atoms with Crippen LogP contribution in [0.2, 0.25) is 0 Å². The predicted molar refractivity (Wildman–Crippen MR) is 113 cm³/mol. The van der Waals surface area contributed by atoms with Crippen molar-refractivity contribution in [3.8, 4) is 5.75 Å². The van der Waals surface area contributed by atoms with Crippen LogP contribution in [0.25, 0.3) is 0 Å². The monoisotopic (exact) mass is 374 g/mol. The van der Waals surface area contributed by atoms with Gasteiger partial charge in [0.2, 0.25) is 0 Å². The lowest BCUT2D eigenvalue weighted by Gasteiger charge is -2.07. The van der Waals surface area contributed by atoms with Crippen LogP contribution >= 0.6 is 0 Å². The van der Waals surface area contributed by atoms with E-state index in [4.69, 9.17) is 14.2 Å². The number of aryl methyl sites for hydroxylation is 1. The summed E-state index contributed by atoms with van der Waals surface area (Å²) in [5.74, 6) is 0.952. The molecule has 0 saturated carbocycles. The van der Waals surface area contributed by atoms with E-state index in [1.165, 1.54) is 56.9 Å². The topological polar surface area (TPSA) is 31.0 Å². The van der Waals surface area contributed by atoms with Gasteiger partial charge < -0.3 is 14.2 Å². The molecule has 1 heterocycles. The summed E-state index contributed by atoms with van der Waals surface area (Å²) in [5.41, 5.74) is 1.37. The fraction of sp³-hybridized carbons (Fsp3) is 0.667. The molecule has 0 bridgehead atoms. The number of hydrogen-bond donors (Lipinski definition) is 0. The van der Waals surface area contributed by atoms with E-state index in [-0.39, 0.29) is 0 Å². The second-order valence-electron chi connectivity index (χ2n) is 7.50. The first-order valence-corrected chi connectivity index (χ1v) is 10.8. The van der Waals surface area contributed by atoms with Crippen LogP contribution in [0.1, 0.15) is 70.3 Å². The Morgan fingerprint density at radius 1 is 1.00 bits per heavy atom. The Morgan fingerprint density at radius 3 is 2.70 bits per heavy atom. The van der Waals surface area contributed by atoms with Crippen LogP contribution < -0.4 is 4.74 Å². The molecule has 3 nitrogen and oxygen atoms in total. The highest BCUT2D eigenvalue weighted by Gasteiger charge is 2.36. The average molecular weight is 375 g/mol. The number of ether oxygens (including phenoxy) is 3. The molecule has 152 valence electrons. The molecule has 2 atom stereocenters. The Morgan fingerprint density at radius 2 is 1.85 bits per heavy atom. The second kappa shape index (κ2) is 13.8. The van der Waals surface area contributed by atoms with Crippen LogP contribution in [-0.4, -0.2) is 32.5 Å². The Hall–Kier alpha value is -1.32. The molecule has 27 heavy (non-hydrogen) atoms. The van der Waals surface area contributed by atoms with E-state index < -0.39 is 0 Å². The molecule has 0 amide bonds. The lowest BCUT2D eigenvalue weighted by Crippen LogP contribution is -2.04. The molecule has 3 heteroatoms. The fourth-order valence-electron chi connectivity index (χ4n) is 3.39. The first-order chi connectivity index (χ1) is 13.3. The van der Waals surface area contributed by atoms with Gasteiger partial charge in [0, 0.05) is 7.11 Å². The SMILES string of the molecule is CCC/C=C\CC1OC1CCCCCCCc1cccc(OCCOC)c1. The van der Waals surface area contributed by atoms with Gasteiger partial charge in [0.25, 0.3) is 0 Å². The molecule has 2 unspecified atom stereocenters. The number of epoxide rings is 1. The Kier molecular flexibility index (Phi) is 11.2. The standard InChI is InChI=1S/C24H38O3/c1-3-4-5-10-16-23-24(27-23)17-11-8-6-7-9-13-21-14-12-15-22(20-21)26-19-18-25-2/h5,10,12,14-15,20,23-24H,3-4,6-9,11,13,16-19H2,1-2H3/b10-5-. The number of hydrogen-bond acceptors (Lipinski definition) is 3. The van der Waals surface area contributed by atoms with Crippen LogP contribution in [-0.2, 0) is 15.9 Å². The summed E-state index contributed by atoms with van der Waals surface area (Å²) in [6.07, 6.45) is 18.1. The van der Waals surface area contributed by atoms with Crippen molar-refractivity contribution in [2.75, 3.05) is 20.3 Å². The maximum Gasteiger partial charge on any atom is 0.119 e.